The van der Waals surface area contributed by atoms with E-state index in [9.17, 15) is 13.6 Å². The molecule has 2 aromatic rings. The first-order chi connectivity index (χ1) is 10.1. The van der Waals surface area contributed by atoms with Gasteiger partial charge in [-0.05, 0) is 25.0 Å². The molecule has 1 amide bonds. The number of amides is 1. The van der Waals surface area contributed by atoms with Gasteiger partial charge in [0.25, 0.3) is 0 Å². The zero-order chi connectivity index (χ0) is 15.2. The van der Waals surface area contributed by atoms with Crippen LogP contribution >= 0.6 is 0 Å². The summed E-state index contributed by atoms with van der Waals surface area (Å²) in [5.74, 6) is -2.06. The van der Waals surface area contributed by atoms with E-state index in [1.54, 1.807) is 6.20 Å². The lowest BCUT2D eigenvalue weighted by atomic mass is 10.2. The Morgan fingerprint density at radius 3 is 2.90 bits per heavy atom. The normalized spacial score (nSPS) is 10.6. The van der Waals surface area contributed by atoms with Crippen LogP contribution in [0.25, 0.3) is 0 Å². The second-order valence-electron chi connectivity index (χ2n) is 4.41. The highest BCUT2D eigenvalue weighted by molar-refractivity contribution is 5.90. The van der Waals surface area contributed by atoms with Crippen molar-refractivity contribution in [2.45, 2.75) is 19.4 Å². The molecule has 0 aliphatic rings. The summed E-state index contributed by atoms with van der Waals surface area (Å²) in [5, 5.41) is 18.6. The summed E-state index contributed by atoms with van der Waals surface area (Å²) in [7, 11) is 0. The molecule has 0 spiro atoms. The number of aliphatic hydroxyl groups excluding tert-OH is 1. The van der Waals surface area contributed by atoms with Crippen LogP contribution in [0.1, 0.15) is 12.1 Å². The van der Waals surface area contributed by atoms with Crippen LogP contribution in [0.4, 0.5) is 14.5 Å². The molecule has 0 radical (unpaired) electrons. The van der Waals surface area contributed by atoms with E-state index in [0.29, 0.717) is 24.6 Å². The molecule has 0 saturated heterocycles. The summed E-state index contributed by atoms with van der Waals surface area (Å²) in [6.07, 6.45) is 2.70. The van der Waals surface area contributed by atoms with E-state index < -0.39 is 17.5 Å². The van der Waals surface area contributed by atoms with Crippen LogP contribution in [0.15, 0.2) is 24.4 Å². The number of anilines is 1. The molecule has 0 bridgehead atoms. The van der Waals surface area contributed by atoms with Crippen molar-refractivity contribution in [1.82, 2.24) is 15.0 Å². The monoisotopic (exact) mass is 296 g/mol. The molecule has 0 unspecified atom stereocenters. The number of aryl methyl sites for hydroxylation is 1. The van der Waals surface area contributed by atoms with Gasteiger partial charge < -0.3 is 10.4 Å². The number of carbonyl (C=O) groups is 1. The Kier molecular flexibility index (Phi) is 4.94. The lowest BCUT2D eigenvalue weighted by molar-refractivity contribution is -0.116. The Hall–Kier alpha value is -2.35. The first kappa shape index (κ1) is 15.0. The van der Waals surface area contributed by atoms with E-state index in [1.807, 2.05) is 0 Å². The Morgan fingerprint density at radius 1 is 1.38 bits per heavy atom. The lowest BCUT2D eigenvalue weighted by Gasteiger charge is -2.06. The molecule has 1 aromatic heterocycles. The first-order valence-corrected chi connectivity index (χ1v) is 6.33. The molecule has 0 aliphatic heterocycles. The fraction of sp³-hybridized carbons (Fsp3) is 0.308. The molecule has 1 aromatic carbocycles. The van der Waals surface area contributed by atoms with Gasteiger partial charge in [-0.3, -0.25) is 4.79 Å². The van der Waals surface area contributed by atoms with Crippen LogP contribution in [0.5, 0.6) is 0 Å². The van der Waals surface area contributed by atoms with E-state index in [1.165, 1.54) is 4.68 Å². The third-order valence-electron chi connectivity index (χ3n) is 2.69. The summed E-state index contributed by atoms with van der Waals surface area (Å²) < 4.78 is 27.4. The first-order valence-electron chi connectivity index (χ1n) is 6.33. The van der Waals surface area contributed by atoms with Crippen LogP contribution in [0.2, 0.25) is 0 Å². The van der Waals surface area contributed by atoms with Crippen LogP contribution in [-0.2, 0) is 17.8 Å². The van der Waals surface area contributed by atoms with Gasteiger partial charge in [-0.1, -0.05) is 5.21 Å². The molecular formula is C13H14F2N4O2. The fourth-order valence-corrected chi connectivity index (χ4v) is 1.72. The fourth-order valence-electron chi connectivity index (χ4n) is 1.72. The molecule has 112 valence electrons. The van der Waals surface area contributed by atoms with Crippen LogP contribution in [0.3, 0.4) is 0 Å². The quantitative estimate of drug-likeness (QED) is 0.837. The molecular weight excluding hydrogens is 282 g/mol. The van der Waals surface area contributed by atoms with Gasteiger partial charge >= 0.3 is 0 Å². The smallest absolute Gasteiger partial charge is 0.246 e. The van der Waals surface area contributed by atoms with E-state index in [0.717, 1.165) is 12.1 Å². The number of hydrogen-bond acceptors (Lipinski definition) is 4. The third-order valence-corrected chi connectivity index (χ3v) is 2.69. The maximum absolute atomic E-state index is 13.4. The second kappa shape index (κ2) is 6.89. The molecule has 0 atom stereocenters. The Bertz CT molecular complexity index is 630. The van der Waals surface area contributed by atoms with Gasteiger partial charge in [0.1, 0.15) is 18.2 Å². The highest BCUT2D eigenvalue weighted by atomic mass is 19.1. The zero-order valence-corrected chi connectivity index (χ0v) is 11.1. The maximum Gasteiger partial charge on any atom is 0.246 e. The largest absolute Gasteiger partial charge is 0.396 e. The molecule has 2 N–H and O–H groups in total. The van der Waals surface area contributed by atoms with E-state index >= 15 is 0 Å². The molecule has 0 fully saturated rings. The molecule has 0 aliphatic carbocycles. The molecule has 2 rings (SSSR count). The number of halogens is 2. The Labute approximate surface area is 119 Å². The van der Waals surface area contributed by atoms with Crippen LogP contribution in [-0.4, -0.2) is 32.6 Å². The maximum atomic E-state index is 13.4. The SMILES string of the molecule is O=C(Cn1cc(CCCO)nn1)Nc1ccc(F)cc1F. The van der Waals surface area contributed by atoms with Crippen LogP contribution in [0, 0.1) is 11.6 Å². The van der Waals surface area contributed by atoms with E-state index in [2.05, 4.69) is 15.6 Å². The van der Waals surface area contributed by atoms with Crippen molar-refractivity contribution in [3.8, 4) is 0 Å². The van der Waals surface area contributed by atoms with Crippen molar-refractivity contribution in [1.29, 1.82) is 0 Å². The average Bonchev–Trinajstić information content (AvgIpc) is 2.87. The van der Waals surface area contributed by atoms with Crippen molar-refractivity contribution in [3.05, 3.63) is 41.7 Å². The Morgan fingerprint density at radius 2 is 2.19 bits per heavy atom. The van der Waals surface area contributed by atoms with Crippen molar-refractivity contribution in [2.24, 2.45) is 0 Å². The number of nitrogens with one attached hydrogen (secondary N) is 1. The molecule has 6 nitrogen and oxygen atoms in total. The summed E-state index contributed by atoms with van der Waals surface area (Å²) in [6.45, 7) is -0.0832. The number of hydrogen-bond donors (Lipinski definition) is 2. The predicted octanol–water partition coefficient (Wildman–Crippen LogP) is 1.12. The van der Waals surface area contributed by atoms with Crippen molar-refractivity contribution < 1.29 is 18.7 Å². The minimum atomic E-state index is -0.842. The van der Waals surface area contributed by atoms with Gasteiger partial charge in [0.2, 0.25) is 5.91 Å². The van der Waals surface area contributed by atoms with Gasteiger partial charge in [-0.25, -0.2) is 13.5 Å². The number of nitrogens with zero attached hydrogens (tertiary/aromatic N) is 3. The van der Waals surface area contributed by atoms with Crippen molar-refractivity contribution >= 4 is 11.6 Å². The third kappa shape index (κ3) is 4.32. The molecule has 21 heavy (non-hydrogen) atoms. The van der Waals surface area contributed by atoms with Crippen molar-refractivity contribution in [2.75, 3.05) is 11.9 Å². The van der Waals surface area contributed by atoms with Gasteiger partial charge in [-0.15, -0.1) is 5.10 Å². The van der Waals surface area contributed by atoms with Gasteiger partial charge in [-0.2, -0.15) is 0 Å². The standard InChI is InChI=1S/C13H14F2N4O2/c14-9-3-4-12(11(15)6-9)16-13(21)8-19-7-10(17-18-19)2-1-5-20/h3-4,6-7,20H,1-2,5,8H2,(H,16,21). The number of aliphatic hydroxyl groups is 1. The zero-order valence-electron chi connectivity index (χ0n) is 11.1. The topological polar surface area (TPSA) is 80.0 Å². The second-order valence-corrected chi connectivity index (χ2v) is 4.41. The van der Waals surface area contributed by atoms with Crippen LogP contribution < -0.4 is 5.32 Å². The molecule has 1 heterocycles. The number of aromatic nitrogens is 3. The summed E-state index contributed by atoms with van der Waals surface area (Å²) in [6, 6.07) is 2.90. The number of rotatable bonds is 6. The minimum absolute atomic E-state index is 0.0528. The van der Waals surface area contributed by atoms with Gasteiger partial charge in [0.15, 0.2) is 0 Å². The summed E-state index contributed by atoms with van der Waals surface area (Å²) in [4.78, 5) is 11.7. The minimum Gasteiger partial charge on any atom is -0.396 e. The van der Waals surface area contributed by atoms with E-state index in [4.69, 9.17) is 5.11 Å². The number of benzene rings is 1. The summed E-state index contributed by atoms with van der Waals surface area (Å²) in [5.41, 5.74) is 0.562. The number of carbonyl (C=O) groups excluding carboxylic acids is 1. The van der Waals surface area contributed by atoms with Gasteiger partial charge in [0, 0.05) is 18.9 Å². The van der Waals surface area contributed by atoms with E-state index in [-0.39, 0.29) is 18.8 Å². The predicted molar refractivity (Wildman–Crippen MR) is 70.4 cm³/mol. The molecule has 0 saturated carbocycles. The van der Waals surface area contributed by atoms with Gasteiger partial charge in [0.05, 0.1) is 11.4 Å². The molecule has 8 heteroatoms. The summed E-state index contributed by atoms with van der Waals surface area (Å²) >= 11 is 0. The lowest BCUT2D eigenvalue weighted by Crippen LogP contribution is -2.19. The highest BCUT2D eigenvalue weighted by Crippen LogP contribution is 2.14. The average molecular weight is 296 g/mol. The Balaban J connectivity index is 1.93. The van der Waals surface area contributed by atoms with Crippen molar-refractivity contribution in [3.63, 3.8) is 0 Å². The highest BCUT2D eigenvalue weighted by Gasteiger charge is 2.10.